The normalized spacial score (nSPS) is 10.9. The van der Waals surface area contributed by atoms with E-state index in [1.807, 2.05) is 6.92 Å². The predicted molar refractivity (Wildman–Crippen MR) is 123 cm³/mol. The number of halogens is 4. The third-order valence-corrected chi connectivity index (χ3v) is 5.54. The zero-order valence-corrected chi connectivity index (χ0v) is 18.5. The maximum Gasteiger partial charge on any atom is 0.268 e. The van der Waals surface area contributed by atoms with E-state index < -0.39 is 17.5 Å². The fourth-order valence-electron chi connectivity index (χ4n) is 3.83. The molecule has 168 valence electrons. The van der Waals surface area contributed by atoms with Crippen molar-refractivity contribution in [1.29, 1.82) is 0 Å². The van der Waals surface area contributed by atoms with E-state index in [-0.39, 0.29) is 24.5 Å². The number of amides is 1. The number of benzene rings is 3. The van der Waals surface area contributed by atoms with E-state index in [2.05, 4.69) is 5.32 Å². The van der Waals surface area contributed by atoms with Gasteiger partial charge in [0.25, 0.3) is 5.91 Å². The van der Waals surface area contributed by atoms with E-state index in [4.69, 9.17) is 11.6 Å². The van der Waals surface area contributed by atoms with Gasteiger partial charge in [0.2, 0.25) is 0 Å². The summed E-state index contributed by atoms with van der Waals surface area (Å²) in [6.07, 6.45) is 1.78. The minimum absolute atomic E-state index is 0.0719. The molecule has 0 saturated heterocycles. The van der Waals surface area contributed by atoms with Crippen molar-refractivity contribution in [3.63, 3.8) is 0 Å². The molecule has 4 rings (SSSR count). The van der Waals surface area contributed by atoms with Crippen molar-refractivity contribution in [3.05, 3.63) is 118 Å². The Morgan fingerprint density at radius 3 is 2.30 bits per heavy atom. The molecule has 0 spiro atoms. The first kappa shape index (κ1) is 22.7. The molecular weight excluding hydrogens is 449 g/mol. The summed E-state index contributed by atoms with van der Waals surface area (Å²) in [5.41, 5.74) is 3.29. The summed E-state index contributed by atoms with van der Waals surface area (Å²) in [7, 11) is 0. The van der Waals surface area contributed by atoms with Gasteiger partial charge in [-0.15, -0.1) is 0 Å². The standard InChI is InChI=1S/C26H20ClF3N2O/c1-16-14-32(15-19-4-2-3-5-23(19)30)25(24(16)18-6-8-20(27)9-7-18)26(33)31-13-17-10-21(28)12-22(29)11-17/h2-12,14H,13,15H2,1H3,(H,31,33). The van der Waals surface area contributed by atoms with E-state index in [1.54, 1.807) is 53.2 Å². The third kappa shape index (κ3) is 5.12. The van der Waals surface area contributed by atoms with Crippen LogP contribution in [0.3, 0.4) is 0 Å². The molecule has 1 aromatic heterocycles. The van der Waals surface area contributed by atoms with Gasteiger partial charge in [-0.1, -0.05) is 41.9 Å². The van der Waals surface area contributed by atoms with E-state index in [9.17, 15) is 18.0 Å². The van der Waals surface area contributed by atoms with Gasteiger partial charge in [0, 0.05) is 35.0 Å². The van der Waals surface area contributed by atoms with Gasteiger partial charge in [0.15, 0.2) is 0 Å². The van der Waals surface area contributed by atoms with Crippen LogP contribution in [0, 0.1) is 24.4 Å². The van der Waals surface area contributed by atoms with E-state index in [1.165, 1.54) is 6.07 Å². The highest BCUT2D eigenvalue weighted by atomic mass is 35.5. The minimum atomic E-state index is -0.722. The Morgan fingerprint density at radius 2 is 1.64 bits per heavy atom. The third-order valence-electron chi connectivity index (χ3n) is 5.29. The summed E-state index contributed by atoms with van der Waals surface area (Å²) >= 11 is 6.03. The molecule has 0 atom stereocenters. The number of rotatable bonds is 6. The van der Waals surface area contributed by atoms with Gasteiger partial charge < -0.3 is 9.88 Å². The summed E-state index contributed by atoms with van der Waals surface area (Å²) in [5, 5.41) is 3.29. The van der Waals surface area contributed by atoms with Crippen LogP contribution in [0.25, 0.3) is 11.1 Å². The minimum Gasteiger partial charge on any atom is -0.347 e. The summed E-state index contributed by atoms with van der Waals surface area (Å²) in [5.74, 6) is -2.27. The van der Waals surface area contributed by atoms with Gasteiger partial charge in [-0.2, -0.15) is 0 Å². The van der Waals surface area contributed by atoms with Crippen LogP contribution >= 0.6 is 11.6 Å². The van der Waals surface area contributed by atoms with Crippen molar-refractivity contribution in [2.75, 3.05) is 0 Å². The van der Waals surface area contributed by atoms with Crippen molar-refractivity contribution in [3.8, 4) is 11.1 Å². The summed E-state index contributed by atoms with van der Waals surface area (Å²) in [6, 6.07) is 16.5. The first-order valence-corrected chi connectivity index (χ1v) is 10.6. The molecule has 3 nitrogen and oxygen atoms in total. The van der Waals surface area contributed by atoms with E-state index >= 15 is 0 Å². The number of aromatic nitrogens is 1. The van der Waals surface area contributed by atoms with Crippen molar-refractivity contribution in [2.45, 2.75) is 20.0 Å². The van der Waals surface area contributed by atoms with Crippen LogP contribution in [-0.2, 0) is 13.1 Å². The highest BCUT2D eigenvalue weighted by molar-refractivity contribution is 6.30. The van der Waals surface area contributed by atoms with Crippen LogP contribution in [0.4, 0.5) is 13.2 Å². The van der Waals surface area contributed by atoms with Crippen molar-refractivity contribution in [1.82, 2.24) is 9.88 Å². The molecule has 1 amide bonds. The highest BCUT2D eigenvalue weighted by Gasteiger charge is 2.22. The molecule has 0 unspecified atom stereocenters. The molecule has 0 aliphatic heterocycles. The number of carbonyl (C=O) groups is 1. The van der Waals surface area contributed by atoms with Gasteiger partial charge in [-0.25, -0.2) is 13.2 Å². The summed E-state index contributed by atoms with van der Waals surface area (Å²) < 4.78 is 43.1. The zero-order valence-electron chi connectivity index (χ0n) is 17.7. The van der Waals surface area contributed by atoms with Crippen molar-refractivity contribution >= 4 is 17.5 Å². The van der Waals surface area contributed by atoms with Crippen LogP contribution in [0.2, 0.25) is 5.02 Å². The Bertz CT molecular complexity index is 1300. The predicted octanol–water partition coefficient (Wildman–Crippen LogP) is 6.51. The number of hydrogen-bond acceptors (Lipinski definition) is 1. The molecule has 0 radical (unpaired) electrons. The van der Waals surface area contributed by atoms with Crippen molar-refractivity contribution < 1.29 is 18.0 Å². The second kappa shape index (κ2) is 9.55. The second-order valence-corrected chi connectivity index (χ2v) is 8.16. The molecule has 0 aliphatic rings. The van der Waals surface area contributed by atoms with Gasteiger partial charge >= 0.3 is 0 Å². The Balaban J connectivity index is 1.73. The largest absolute Gasteiger partial charge is 0.347 e. The van der Waals surface area contributed by atoms with Gasteiger partial charge in [-0.05, 0) is 53.9 Å². The lowest BCUT2D eigenvalue weighted by molar-refractivity contribution is 0.0942. The van der Waals surface area contributed by atoms with Crippen LogP contribution < -0.4 is 5.32 Å². The number of hydrogen-bond donors (Lipinski definition) is 1. The molecule has 0 aliphatic carbocycles. The topological polar surface area (TPSA) is 34.0 Å². The Kier molecular flexibility index (Phi) is 6.56. The maximum absolute atomic E-state index is 14.3. The van der Waals surface area contributed by atoms with E-state index in [0.29, 0.717) is 21.8 Å². The van der Waals surface area contributed by atoms with Gasteiger partial charge in [0.1, 0.15) is 23.1 Å². The molecule has 4 aromatic rings. The quantitative estimate of drug-likeness (QED) is 0.344. The van der Waals surface area contributed by atoms with Crippen molar-refractivity contribution in [2.24, 2.45) is 0 Å². The fraction of sp³-hybridized carbons (Fsp3) is 0.115. The first-order chi connectivity index (χ1) is 15.8. The number of aryl methyl sites for hydroxylation is 1. The monoisotopic (exact) mass is 468 g/mol. The first-order valence-electron chi connectivity index (χ1n) is 10.2. The molecular formula is C26H20ClF3N2O. The lowest BCUT2D eigenvalue weighted by atomic mass is 10.0. The van der Waals surface area contributed by atoms with Crippen LogP contribution in [0.5, 0.6) is 0 Å². The molecule has 1 heterocycles. The van der Waals surface area contributed by atoms with Gasteiger partial charge in [-0.3, -0.25) is 4.79 Å². The smallest absolute Gasteiger partial charge is 0.268 e. The Labute approximate surface area is 194 Å². The van der Waals surface area contributed by atoms with Crippen LogP contribution in [-0.4, -0.2) is 10.5 Å². The number of nitrogens with one attached hydrogen (secondary N) is 1. The lowest BCUT2D eigenvalue weighted by Gasteiger charge is -2.13. The average Bonchev–Trinajstić information content (AvgIpc) is 3.09. The van der Waals surface area contributed by atoms with Crippen LogP contribution in [0.1, 0.15) is 27.2 Å². The summed E-state index contributed by atoms with van der Waals surface area (Å²) in [6.45, 7) is 1.93. The number of carbonyl (C=O) groups excluding carboxylic acids is 1. The van der Waals surface area contributed by atoms with E-state index in [0.717, 1.165) is 29.3 Å². The molecule has 0 bridgehead atoms. The maximum atomic E-state index is 14.3. The Morgan fingerprint density at radius 1 is 0.970 bits per heavy atom. The fourth-order valence-corrected chi connectivity index (χ4v) is 3.96. The highest BCUT2D eigenvalue weighted by Crippen LogP contribution is 2.31. The summed E-state index contributed by atoms with van der Waals surface area (Å²) in [4.78, 5) is 13.3. The average molecular weight is 469 g/mol. The molecule has 7 heteroatoms. The molecule has 3 aromatic carbocycles. The lowest BCUT2D eigenvalue weighted by Crippen LogP contribution is -2.26. The molecule has 0 saturated carbocycles. The SMILES string of the molecule is Cc1cn(Cc2ccccc2F)c(C(=O)NCc2cc(F)cc(F)c2)c1-c1ccc(Cl)cc1. The molecule has 1 N–H and O–H groups in total. The molecule has 33 heavy (non-hydrogen) atoms. The Hall–Kier alpha value is -3.51. The van der Waals surface area contributed by atoms with Gasteiger partial charge in [0.05, 0.1) is 6.54 Å². The second-order valence-electron chi connectivity index (χ2n) is 7.72. The number of nitrogens with zero attached hydrogens (tertiary/aromatic N) is 1. The molecule has 0 fully saturated rings. The van der Waals surface area contributed by atoms with Crippen LogP contribution in [0.15, 0.2) is 72.9 Å². The zero-order chi connectivity index (χ0) is 23.5.